The molecule has 4 aromatic carbocycles. The second-order valence-electron chi connectivity index (χ2n) is 7.98. The van der Waals surface area contributed by atoms with Crippen molar-refractivity contribution >= 4 is 29.9 Å². The van der Waals surface area contributed by atoms with Gasteiger partial charge >= 0.3 is 5.97 Å². The molecule has 172 valence electrons. The minimum absolute atomic E-state index is 0.128. The summed E-state index contributed by atoms with van der Waals surface area (Å²) in [4.78, 5) is 24.6. The Kier molecular flexibility index (Phi) is 6.73. The molecular weight excluding hydrogens is 456 g/mol. The van der Waals surface area contributed by atoms with Crippen molar-refractivity contribution in [1.82, 2.24) is 5.43 Å². The molecule has 0 saturated carbocycles. The molecule has 5 nitrogen and oxygen atoms in total. The molecule has 0 saturated heterocycles. The van der Waals surface area contributed by atoms with Gasteiger partial charge in [-0.3, -0.25) is 4.79 Å². The summed E-state index contributed by atoms with van der Waals surface area (Å²) < 4.78 is 5.37. The van der Waals surface area contributed by atoms with Crippen molar-refractivity contribution in [3.63, 3.8) is 0 Å². The lowest BCUT2D eigenvalue weighted by atomic mass is 10.1. The number of carbonyl (C=O) groups is 2. The Bertz CT molecular complexity index is 1340. The van der Waals surface area contributed by atoms with Crippen LogP contribution in [0, 0.1) is 0 Å². The highest BCUT2D eigenvalue weighted by molar-refractivity contribution is 8.00. The molecule has 0 fully saturated rings. The number of esters is 1. The molecule has 0 aromatic heterocycles. The van der Waals surface area contributed by atoms with Crippen LogP contribution in [0.25, 0.3) is 11.1 Å². The molecular formula is C29H22N2O3S. The van der Waals surface area contributed by atoms with Crippen LogP contribution >= 0.6 is 11.8 Å². The molecule has 6 heteroatoms. The third-order valence-corrected chi connectivity index (χ3v) is 6.93. The van der Waals surface area contributed by atoms with Gasteiger partial charge in [-0.2, -0.15) is 5.10 Å². The minimum atomic E-state index is -0.413. The van der Waals surface area contributed by atoms with Crippen molar-refractivity contribution in [3.8, 4) is 16.9 Å². The second-order valence-corrected chi connectivity index (χ2v) is 9.08. The lowest BCUT2D eigenvalue weighted by Gasteiger charge is -2.12. The molecule has 1 aliphatic carbocycles. The van der Waals surface area contributed by atoms with Crippen molar-refractivity contribution < 1.29 is 14.3 Å². The third-order valence-electron chi connectivity index (χ3n) is 5.66. The zero-order valence-electron chi connectivity index (χ0n) is 18.8. The molecule has 1 aliphatic rings. The molecule has 0 radical (unpaired) electrons. The van der Waals surface area contributed by atoms with Gasteiger partial charge in [0.25, 0.3) is 0 Å². The highest BCUT2D eigenvalue weighted by Crippen LogP contribution is 2.49. The van der Waals surface area contributed by atoms with Crippen LogP contribution < -0.4 is 10.2 Å². The van der Waals surface area contributed by atoms with Crippen LogP contribution in [0.15, 0.2) is 108 Å². The van der Waals surface area contributed by atoms with Crippen LogP contribution in [0.1, 0.15) is 32.3 Å². The van der Waals surface area contributed by atoms with E-state index in [1.807, 2.05) is 30.3 Å². The second kappa shape index (κ2) is 10.4. The predicted octanol–water partition coefficient (Wildman–Crippen LogP) is 5.86. The van der Waals surface area contributed by atoms with Gasteiger partial charge in [-0.25, -0.2) is 10.2 Å². The van der Waals surface area contributed by atoms with Gasteiger partial charge in [0.05, 0.1) is 22.8 Å². The molecule has 1 N–H and O–H groups in total. The zero-order valence-corrected chi connectivity index (χ0v) is 19.6. The first kappa shape index (κ1) is 22.6. The van der Waals surface area contributed by atoms with Crippen LogP contribution in [0.4, 0.5) is 0 Å². The Morgan fingerprint density at radius 3 is 2.06 bits per heavy atom. The quantitative estimate of drug-likeness (QED) is 0.156. The van der Waals surface area contributed by atoms with Gasteiger partial charge < -0.3 is 4.74 Å². The number of ether oxygens (including phenoxy) is 1. The average Bonchev–Trinajstić information content (AvgIpc) is 3.22. The summed E-state index contributed by atoms with van der Waals surface area (Å²) in [5.74, 6) is 0.151. The lowest BCUT2D eigenvalue weighted by Crippen LogP contribution is -2.20. The van der Waals surface area contributed by atoms with Gasteiger partial charge in [0.1, 0.15) is 5.75 Å². The Morgan fingerprint density at radius 1 is 0.800 bits per heavy atom. The van der Waals surface area contributed by atoms with E-state index in [4.69, 9.17) is 4.74 Å². The van der Waals surface area contributed by atoms with E-state index in [1.165, 1.54) is 22.3 Å². The maximum Gasteiger partial charge on any atom is 0.343 e. The van der Waals surface area contributed by atoms with E-state index >= 15 is 0 Å². The number of carbonyl (C=O) groups excluding carboxylic acids is 2. The number of amides is 1. The molecule has 1 amide bonds. The Labute approximate surface area is 207 Å². The van der Waals surface area contributed by atoms with E-state index in [2.05, 4.69) is 34.8 Å². The van der Waals surface area contributed by atoms with Gasteiger partial charge in [-0.1, -0.05) is 66.7 Å². The summed E-state index contributed by atoms with van der Waals surface area (Å²) in [6.07, 6.45) is 1.56. The van der Waals surface area contributed by atoms with Crippen molar-refractivity contribution in [2.24, 2.45) is 5.10 Å². The van der Waals surface area contributed by atoms with Gasteiger partial charge in [0.15, 0.2) is 0 Å². The molecule has 0 atom stereocenters. The van der Waals surface area contributed by atoms with E-state index in [0.29, 0.717) is 17.1 Å². The molecule has 0 spiro atoms. The number of nitrogens with zero attached hydrogens (tertiary/aromatic N) is 1. The van der Waals surface area contributed by atoms with Crippen LogP contribution in [-0.2, 0) is 4.79 Å². The van der Waals surface area contributed by atoms with Crippen molar-refractivity contribution in [3.05, 3.63) is 125 Å². The standard InChI is InChI=1S/C29H22N2O3S/c32-27(19-35-28-25-12-6-4-10-23(25)24-11-5-7-13-26(24)28)31-30-18-20-14-16-22(17-15-20)34-29(33)21-8-2-1-3-9-21/h1-18,28H,19H2,(H,31,32)/b30-18+. The normalized spacial score (nSPS) is 12.2. The molecule has 0 heterocycles. The molecule has 0 aliphatic heterocycles. The maximum atomic E-state index is 12.4. The first-order valence-corrected chi connectivity index (χ1v) is 12.2. The number of hydrogen-bond donors (Lipinski definition) is 1. The summed E-state index contributed by atoms with van der Waals surface area (Å²) in [6, 6.07) is 32.4. The molecule has 4 aromatic rings. The Hall–Kier alpha value is -4.16. The van der Waals surface area contributed by atoms with E-state index in [-0.39, 0.29) is 11.2 Å². The summed E-state index contributed by atoms with van der Waals surface area (Å²) in [7, 11) is 0. The fourth-order valence-electron chi connectivity index (χ4n) is 4.02. The van der Waals surface area contributed by atoms with Crippen LogP contribution in [0.5, 0.6) is 5.75 Å². The summed E-state index contributed by atoms with van der Waals surface area (Å²) in [6.45, 7) is 0. The topological polar surface area (TPSA) is 67.8 Å². The summed E-state index contributed by atoms with van der Waals surface area (Å²) in [5.41, 5.74) is 8.80. The van der Waals surface area contributed by atoms with E-state index in [9.17, 15) is 9.59 Å². The van der Waals surface area contributed by atoms with E-state index in [0.717, 1.165) is 5.56 Å². The van der Waals surface area contributed by atoms with Crippen LogP contribution in [-0.4, -0.2) is 23.8 Å². The van der Waals surface area contributed by atoms with Crippen LogP contribution in [0.3, 0.4) is 0 Å². The Morgan fingerprint density at radius 2 is 1.40 bits per heavy atom. The maximum absolute atomic E-state index is 12.4. The number of fused-ring (bicyclic) bond motifs is 3. The monoisotopic (exact) mass is 478 g/mol. The van der Waals surface area contributed by atoms with Gasteiger partial charge in [0.2, 0.25) is 5.91 Å². The average molecular weight is 479 g/mol. The minimum Gasteiger partial charge on any atom is -0.423 e. The Balaban J connectivity index is 1.14. The fourth-order valence-corrected chi connectivity index (χ4v) is 5.17. The number of thioether (sulfide) groups is 1. The number of rotatable bonds is 7. The summed E-state index contributed by atoms with van der Waals surface area (Å²) in [5, 5.41) is 4.20. The van der Waals surface area contributed by atoms with Crippen molar-refractivity contribution in [2.45, 2.75) is 5.25 Å². The molecule has 0 unspecified atom stereocenters. The number of benzene rings is 4. The van der Waals surface area contributed by atoms with Gasteiger partial charge in [-0.15, -0.1) is 11.8 Å². The van der Waals surface area contributed by atoms with Crippen LogP contribution in [0.2, 0.25) is 0 Å². The highest BCUT2D eigenvalue weighted by Gasteiger charge is 2.28. The number of hydrogen-bond acceptors (Lipinski definition) is 5. The molecule has 5 rings (SSSR count). The molecule has 35 heavy (non-hydrogen) atoms. The van der Waals surface area contributed by atoms with Gasteiger partial charge in [0, 0.05) is 0 Å². The summed E-state index contributed by atoms with van der Waals surface area (Å²) >= 11 is 1.60. The smallest absolute Gasteiger partial charge is 0.343 e. The number of nitrogens with one attached hydrogen (secondary N) is 1. The van der Waals surface area contributed by atoms with E-state index < -0.39 is 5.97 Å². The third kappa shape index (κ3) is 5.18. The first-order chi connectivity index (χ1) is 17.2. The zero-order chi connectivity index (χ0) is 24.0. The number of hydrazone groups is 1. The fraction of sp³-hybridized carbons (Fsp3) is 0.0690. The first-order valence-electron chi connectivity index (χ1n) is 11.2. The SMILES string of the molecule is O=C(CSC1c2ccccc2-c2ccccc21)N/N=C/c1ccc(OC(=O)c2ccccc2)cc1. The van der Waals surface area contributed by atoms with Crippen molar-refractivity contribution in [2.75, 3.05) is 5.75 Å². The lowest BCUT2D eigenvalue weighted by molar-refractivity contribution is -0.118. The largest absolute Gasteiger partial charge is 0.423 e. The van der Waals surface area contributed by atoms with E-state index in [1.54, 1.807) is 66.5 Å². The highest BCUT2D eigenvalue weighted by atomic mass is 32.2. The van der Waals surface area contributed by atoms with Crippen molar-refractivity contribution in [1.29, 1.82) is 0 Å². The predicted molar refractivity (Wildman–Crippen MR) is 140 cm³/mol. The molecule has 0 bridgehead atoms. The van der Waals surface area contributed by atoms with Gasteiger partial charge in [-0.05, 0) is 64.2 Å².